The van der Waals surface area contributed by atoms with E-state index in [0.717, 1.165) is 0 Å². The third-order valence-electron chi connectivity index (χ3n) is 2.32. The smallest absolute Gasteiger partial charge is 0.294 e. The zero-order valence-corrected chi connectivity index (χ0v) is 9.04. The molecule has 0 aliphatic heterocycles. The average Bonchev–Trinajstić information content (AvgIpc) is 2.67. The molecule has 2 aromatic rings. The highest BCUT2D eigenvalue weighted by Gasteiger charge is 2.06. The lowest BCUT2D eigenvalue weighted by Crippen LogP contribution is -2.30. The van der Waals surface area contributed by atoms with Gasteiger partial charge in [-0.05, 0) is 6.42 Å². The summed E-state index contributed by atoms with van der Waals surface area (Å²) in [4.78, 5) is 26.6. The first-order valence-corrected chi connectivity index (χ1v) is 5.11. The quantitative estimate of drug-likeness (QED) is 0.388. The van der Waals surface area contributed by atoms with E-state index in [2.05, 4.69) is 10.1 Å². The molecule has 0 saturated carbocycles. The summed E-state index contributed by atoms with van der Waals surface area (Å²) in [7, 11) is 0. The Kier molecular flexibility index (Phi) is 3.15. The highest BCUT2D eigenvalue weighted by molar-refractivity contribution is 5.75. The number of rotatable bonds is 4. The minimum atomic E-state index is -0.261. The molecule has 0 aromatic carbocycles. The normalized spacial score (nSPS) is 10.6. The van der Waals surface area contributed by atoms with Gasteiger partial charge in [-0.15, -0.1) is 5.10 Å². The number of hydrogen-bond acceptors (Lipinski definition) is 5. The minimum Gasteiger partial charge on any atom is -0.294 e. The molecule has 17 heavy (non-hydrogen) atoms. The number of aryl methyl sites for hydroxylation is 1. The maximum absolute atomic E-state index is 11.8. The second kappa shape index (κ2) is 4.74. The Morgan fingerprint density at radius 1 is 1.53 bits per heavy atom. The van der Waals surface area contributed by atoms with Crippen LogP contribution in [0.3, 0.4) is 0 Å². The first kappa shape index (κ1) is 11.3. The van der Waals surface area contributed by atoms with Crippen LogP contribution in [0.1, 0.15) is 12.8 Å². The predicted octanol–water partition coefficient (Wildman–Crippen LogP) is -1.34. The average molecular weight is 236 g/mol. The molecule has 2 heterocycles. The third-order valence-corrected chi connectivity index (χ3v) is 2.32. The molecule has 3 N–H and O–H groups in total. The summed E-state index contributed by atoms with van der Waals surface area (Å²) >= 11 is 0. The number of nitrogens with zero attached hydrogens (tertiary/aromatic N) is 4. The van der Waals surface area contributed by atoms with Crippen LogP contribution in [0, 0.1) is 0 Å². The van der Waals surface area contributed by atoms with E-state index in [9.17, 15) is 9.59 Å². The fraction of sp³-hybridized carbons (Fsp3) is 0.333. The minimum absolute atomic E-state index is 0.240. The molecule has 0 spiro atoms. The Bertz CT molecular complexity index is 586. The molecule has 0 atom stereocenters. The largest absolute Gasteiger partial charge is 0.350 e. The topological polar surface area (TPSA) is 107 Å². The maximum Gasteiger partial charge on any atom is 0.350 e. The lowest BCUT2D eigenvalue weighted by molar-refractivity contribution is -0.121. The number of aromatic nitrogens is 4. The summed E-state index contributed by atoms with van der Waals surface area (Å²) in [6.45, 7) is 0.369. The van der Waals surface area contributed by atoms with Crippen molar-refractivity contribution in [2.45, 2.75) is 19.4 Å². The van der Waals surface area contributed by atoms with Crippen molar-refractivity contribution in [3.05, 3.63) is 29.1 Å². The zero-order chi connectivity index (χ0) is 12.3. The van der Waals surface area contributed by atoms with E-state index in [1.54, 1.807) is 6.20 Å². The lowest BCUT2D eigenvalue weighted by atomic mass is 10.3. The van der Waals surface area contributed by atoms with Gasteiger partial charge in [0.15, 0.2) is 5.65 Å². The number of hydrazine groups is 1. The lowest BCUT2D eigenvalue weighted by Gasteiger charge is -1.98. The van der Waals surface area contributed by atoms with Crippen molar-refractivity contribution in [3.8, 4) is 0 Å². The fourth-order valence-electron chi connectivity index (χ4n) is 1.49. The van der Waals surface area contributed by atoms with Crippen molar-refractivity contribution in [2.75, 3.05) is 0 Å². The molecule has 1 amide bonds. The van der Waals surface area contributed by atoms with Crippen molar-refractivity contribution in [2.24, 2.45) is 5.84 Å². The fourth-order valence-corrected chi connectivity index (χ4v) is 1.49. The summed E-state index contributed by atoms with van der Waals surface area (Å²) in [5.41, 5.74) is 2.28. The summed E-state index contributed by atoms with van der Waals surface area (Å²) < 4.78 is 2.71. The predicted molar refractivity (Wildman–Crippen MR) is 58.8 cm³/mol. The van der Waals surface area contributed by atoms with E-state index >= 15 is 0 Å². The molecule has 0 radical (unpaired) electrons. The Hall–Kier alpha value is -2.22. The number of nitrogens with two attached hydrogens (primary N) is 1. The number of amides is 1. The number of carbonyl (C=O) groups is 1. The first-order valence-electron chi connectivity index (χ1n) is 5.11. The number of hydrogen-bond donors (Lipinski definition) is 2. The molecule has 0 aliphatic carbocycles. The van der Waals surface area contributed by atoms with E-state index in [-0.39, 0.29) is 18.0 Å². The van der Waals surface area contributed by atoms with Gasteiger partial charge in [0.05, 0.1) is 6.20 Å². The Balaban J connectivity index is 2.11. The molecule has 90 valence electrons. The van der Waals surface area contributed by atoms with E-state index in [4.69, 9.17) is 5.84 Å². The molecule has 0 saturated heterocycles. The van der Waals surface area contributed by atoms with Crippen molar-refractivity contribution >= 4 is 11.6 Å². The van der Waals surface area contributed by atoms with Crippen LogP contribution in [0.2, 0.25) is 0 Å². The van der Waals surface area contributed by atoms with E-state index in [1.807, 2.05) is 5.43 Å². The first-order chi connectivity index (χ1) is 8.22. The van der Waals surface area contributed by atoms with E-state index in [0.29, 0.717) is 18.6 Å². The van der Waals surface area contributed by atoms with Gasteiger partial charge in [0.1, 0.15) is 0 Å². The van der Waals surface area contributed by atoms with E-state index < -0.39 is 0 Å². The van der Waals surface area contributed by atoms with Gasteiger partial charge >= 0.3 is 5.69 Å². The second-order valence-electron chi connectivity index (χ2n) is 3.48. The molecule has 2 aromatic heterocycles. The van der Waals surface area contributed by atoms with Crippen LogP contribution >= 0.6 is 0 Å². The molecule has 0 unspecified atom stereocenters. The summed E-state index contributed by atoms with van der Waals surface area (Å²) in [5, 5.41) is 4.08. The van der Waals surface area contributed by atoms with Gasteiger partial charge in [0, 0.05) is 25.4 Å². The van der Waals surface area contributed by atoms with Crippen LogP contribution in [-0.4, -0.2) is 25.1 Å². The van der Waals surface area contributed by atoms with Gasteiger partial charge in [0.2, 0.25) is 5.91 Å². The standard InChI is InChI=1S/C9H12N6O2/c10-12-8(16)2-1-4-15-9(17)14-5-3-11-6-7(14)13-15/h3,5-6H,1-2,4,10H2,(H,12,16). The Morgan fingerprint density at radius 3 is 3.06 bits per heavy atom. The van der Waals surface area contributed by atoms with Crippen LogP contribution in [0.4, 0.5) is 0 Å². The molecular weight excluding hydrogens is 224 g/mol. The molecule has 8 nitrogen and oxygen atoms in total. The van der Waals surface area contributed by atoms with Gasteiger partial charge < -0.3 is 0 Å². The molecular formula is C9H12N6O2. The third kappa shape index (κ3) is 2.31. The van der Waals surface area contributed by atoms with Gasteiger partial charge in [-0.3, -0.25) is 15.2 Å². The molecule has 0 fully saturated rings. The van der Waals surface area contributed by atoms with E-state index in [1.165, 1.54) is 21.5 Å². The van der Waals surface area contributed by atoms with Crippen LogP contribution < -0.4 is 17.0 Å². The maximum atomic E-state index is 11.8. The van der Waals surface area contributed by atoms with Gasteiger partial charge in [-0.2, -0.15) is 0 Å². The van der Waals surface area contributed by atoms with Crippen LogP contribution in [-0.2, 0) is 11.3 Å². The Morgan fingerprint density at radius 2 is 2.35 bits per heavy atom. The summed E-state index contributed by atoms with van der Waals surface area (Å²) in [6, 6.07) is 0. The second-order valence-corrected chi connectivity index (χ2v) is 3.48. The van der Waals surface area contributed by atoms with Crippen LogP contribution in [0.25, 0.3) is 5.65 Å². The van der Waals surface area contributed by atoms with Crippen molar-refractivity contribution in [3.63, 3.8) is 0 Å². The van der Waals surface area contributed by atoms with Gasteiger partial charge in [-0.1, -0.05) is 0 Å². The molecule has 0 aliphatic rings. The molecule has 2 rings (SSSR count). The zero-order valence-electron chi connectivity index (χ0n) is 9.04. The monoisotopic (exact) mass is 236 g/mol. The number of nitrogens with one attached hydrogen (secondary N) is 1. The highest BCUT2D eigenvalue weighted by atomic mass is 16.2. The van der Waals surface area contributed by atoms with Crippen molar-refractivity contribution < 1.29 is 4.79 Å². The SMILES string of the molecule is NNC(=O)CCCn1nc2cnccn2c1=O. The Labute approximate surface area is 96.0 Å². The highest BCUT2D eigenvalue weighted by Crippen LogP contribution is 1.95. The van der Waals surface area contributed by atoms with Crippen LogP contribution in [0.5, 0.6) is 0 Å². The van der Waals surface area contributed by atoms with Crippen molar-refractivity contribution in [1.29, 1.82) is 0 Å². The number of fused-ring (bicyclic) bond motifs is 1. The summed E-state index contributed by atoms with van der Waals surface area (Å²) in [5.74, 6) is 4.69. The van der Waals surface area contributed by atoms with Gasteiger partial charge in [-0.25, -0.2) is 19.7 Å². The molecule has 0 bridgehead atoms. The molecule has 8 heteroatoms. The van der Waals surface area contributed by atoms with Crippen LogP contribution in [0.15, 0.2) is 23.4 Å². The van der Waals surface area contributed by atoms with Crippen molar-refractivity contribution in [1.82, 2.24) is 24.6 Å². The number of carbonyl (C=O) groups excluding carboxylic acids is 1. The summed E-state index contributed by atoms with van der Waals surface area (Å²) in [6.07, 6.45) is 5.33. The van der Waals surface area contributed by atoms with Gasteiger partial charge in [0.25, 0.3) is 0 Å².